The molecule has 2 aromatic rings. The summed E-state index contributed by atoms with van der Waals surface area (Å²) in [5, 5.41) is 0. The Kier molecular flexibility index (Phi) is 7.30. The molecule has 1 fully saturated rings. The highest BCUT2D eigenvalue weighted by Gasteiger charge is 2.35. The third-order valence-corrected chi connectivity index (χ3v) is 4.76. The quantitative estimate of drug-likeness (QED) is 0.677. The maximum Gasteiger partial charge on any atom is 0.523 e. The van der Waals surface area contributed by atoms with Gasteiger partial charge in [-0.2, -0.15) is 0 Å². The van der Waals surface area contributed by atoms with Crippen molar-refractivity contribution in [3.05, 3.63) is 66.2 Å². The van der Waals surface area contributed by atoms with E-state index in [1.165, 1.54) is 0 Å². The highest BCUT2D eigenvalue weighted by molar-refractivity contribution is 5.21. The number of rotatable bonds is 8. The smallest absolute Gasteiger partial charge is 0.492 e. The van der Waals surface area contributed by atoms with Crippen molar-refractivity contribution in [1.29, 1.82) is 0 Å². The van der Waals surface area contributed by atoms with E-state index in [0.717, 1.165) is 25.4 Å². The van der Waals surface area contributed by atoms with Gasteiger partial charge in [0.25, 0.3) is 0 Å². The van der Waals surface area contributed by atoms with E-state index in [0.29, 0.717) is 25.3 Å². The number of ether oxygens (including phenoxy) is 2. The van der Waals surface area contributed by atoms with Crippen LogP contribution >= 0.6 is 0 Å². The molecule has 1 heterocycles. The lowest BCUT2D eigenvalue weighted by Gasteiger charge is -2.36. The fourth-order valence-corrected chi connectivity index (χ4v) is 3.28. The lowest BCUT2D eigenvalue weighted by atomic mass is 10.1. The molecule has 7 heteroatoms. The van der Waals surface area contributed by atoms with Crippen LogP contribution in [-0.4, -0.2) is 62.0 Å². The van der Waals surface area contributed by atoms with E-state index in [-0.39, 0.29) is 6.54 Å². The summed E-state index contributed by atoms with van der Waals surface area (Å²) in [7, 11) is 0. The van der Waals surface area contributed by atoms with Crippen LogP contribution in [0.5, 0.6) is 5.75 Å². The molecule has 152 valence electrons. The minimum atomic E-state index is -4.66. The molecule has 1 unspecified atom stereocenters. The standard InChI is InChI=1S/C21H25F3N2O2/c22-21(23,24)28-20(18-7-3-1-4-8-18)17-26-13-11-25(12-14-26)15-16-27-19-9-5-2-6-10-19/h1-10,20H,11-17H2. The summed E-state index contributed by atoms with van der Waals surface area (Å²) in [5.41, 5.74) is 0.540. The summed E-state index contributed by atoms with van der Waals surface area (Å²) in [6, 6.07) is 18.2. The second-order valence-corrected chi connectivity index (χ2v) is 6.77. The molecule has 1 aliphatic heterocycles. The fraction of sp³-hybridized carbons (Fsp3) is 0.429. The van der Waals surface area contributed by atoms with E-state index in [1.54, 1.807) is 30.3 Å². The molecular weight excluding hydrogens is 369 g/mol. The van der Waals surface area contributed by atoms with Crippen LogP contribution in [0, 0.1) is 0 Å². The van der Waals surface area contributed by atoms with Crippen LogP contribution in [0.15, 0.2) is 60.7 Å². The zero-order valence-corrected chi connectivity index (χ0v) is 15.6. The normalized spacial score (nSPS) is 17.4. The molecular formula is C21H25F3N2O2. The zero-order valence-electron chi connectivity index (χ0n) is 15.6. The van der Waals surface area contributed by atoms with Gasteiger partial charge in [-0.1, -0.05) is 48.5 Å². The van der Waals surface area contributed by atoms with Gasteiger partial charge in [0.1, 0.15) is 18.5 Å². The summed E-state index contributed by atoms with van der Waals surface area (Å²) >= 11 is 0. The Balaban J connectivity index is 1.45. The Bertz CT molecular complexity index is 690. The molecule has 4 nitrogen and oxygen atoms in total. The molecule has 1 atom stereocenters. The van der Waals surface area contributed by atoms with Gasteiger partial charge in [-0.25, -0.2) is 0 Å². The summed E-state index contributed by atoms with van der Waals surface area (Å²) in [6.07, 6.45) is -5.67. The average Bonchev–Trinajstić information content (AvgIpc) is 2.69. The first-order chi connectivity index (χ1) is 13.5. The Morgan fingerprint density at radius 1 is 0.821 bits per heavy atom. The highest BCUT2D eigenvalue weighted by atomic mass is 19.4. The summed E-state index contributed by atoms with van der Waals surface area (Å²) in [6.45, 7) is 4.61. The fourth-order valence-electron chi connectivity index (χ4n) is 3.28. The predicted octanol–water partition coefficient (Wildman–Crippen LogP) is 3.96. The van der Waals surface area contributed by atoms with Crippen molar-refractivity contribution in [1.82, 2.24) is 9.80 Å². The molecule has 0 N–H and O–H groups in total. The molecule has 2 aromatic carbocycles. The maximum atomic E-state index is 12.8. The van der Waals surface area contributed by atoms with Crippen LogP contribution in [0.1, 0.15) is 11.7 Å². The second kappa shape index (κ2) is 9.91. The minimum absolute atomic E-state index is 0.220. The molecule has 1 saturated heterocycles. The van der Waals surface area contributed by atoms with Crippen molar-refractivity contribution in [3.8, 4) is 5.75 Å². The number of nitrogens with zero attached hydrogens (tertiary/aromatic N) is 2. The van der Waals surface area contributed by atoms with Crippen LogP contribution < -0.4 is 4.74 Å². The van der Waals surface area contributed by atoms with E-state index in [1.807, 2.05) is 35.2 Å². The van der Waals surface area contributed by atoms with Crippen LogP contribution in [0.4, 0.5) is 13.2 Å². The van der Waals surface area contributed by atoms with Gasteiger partial charge in [0.05, 0.1) is 0 Å². The Morgan fingerprint density at radius 2 is 1.39 bits per heavy atom. The van der Waals surface area contributed by atoms with E-state index in [2.05, 4.69) is 9.64 Å². The minimum Gasteiger partial charge on any atom is -0.492 e. The largest absolute Gasteiger partial charge is 0.523 e. The van der Waals surface area contributed by atoms with Crippen LogP contribution in [0.2, 0.25) is 0 Å². The number of hydrogen-bond acceptors (Lipinski definition) is 4. The van der Waals surface area contributed by atoms with E-state index < -0.39 is 12.5 Å². The van der Waals surface area contributed by atoms with Gasteiger partial charge < -0.3 is 4.74 Å². The average molecular weight is 394 g/mol. The molecule has 0 amide bonds. The molecule has 0 spiro atoms. The third-order valence-electron chi connectivity index (χ3n) is 4.76. The Hall–Kier alpha value is -2.09. The van der Waals surface area contributed by atoms with Crippen LogP contribution in [0.25, 0.3) is 0 Å². The summed E-state index contributed by atoms with van der Waals surface area (Å²) in [5.74, 6) is 0.844. The molecule has 0 saturated carbocycles. The molecule has 28 heavy (non-hydrogen) atoms. The number of hydrogen-bond donors (Lipinski definition) is 0. The predicted molar refractivity (Wildman–Crippen MR) is 101 cm³/mol. The van der Waals surface area contributed by atoms with Crippen molar-refractivity contribution in [2.75, 3.05) is 45.9 Å². The van der Waals surface area contributed by atoms with E-state index in [9.17, 15) is 13.2 Å². The maximum absolute atomic E-state index is 12.8. The van der Waals surface area contributed by atoms with Gasteiger partial charge in [-0.15, -0.1) is 13.2 Å². The number of para-hydroxylation sites is 1. The topological polar surface area (TPSA) is 24.9 Å². The highest BCUT2D eigenvalue weighted by Crippen LogP contribution is 2.28. The lowest BCUT2D eigenvalue weighted by molar-refractivity contribution is -0.346. The van der Waals surface area contributed by atoms with Crippen molar-refractivity contribution >= 4 is 0 Å². The molecule has 1 aliphatic rings. The first-order valence-corrected chi connectivity index (χ1v) is 9.42. The van der Waals surface area contributed by atoms with Crippen LogP contribution in [0.3, 0.4) is 0 Å². The molecule has 0 aromatic heterocycles. The zero-order chi connectivity index (χ0) is 19.8. The number of halogens is 3. The number of alkyl halides is 3. The van der Waals surface area contributed by atoms with Gasteiger partial charge in [-0.3, -0.25) is 14.5 Å². The van der Waals surface area contributed by atoms with Crippen LogP contribution in [-0.2, 0) is 4.74 Å². The first-order valence-electron chi connectivity index (χ1n) is 9.42. The molecule has 3 rings (SSSR count). The SMILES string of the molecule is FC(F)(F)OC(CN1CCN(CCOc2ccccc2)CC1)c1ccccc1. The number of piperazine rings is 1. The summed E-state index contributed by atoms with van der Waals surface area (Å²) < 4.78 is 48.6. The van der Waals surface area contributed by atoms with Gasteiger partial charge in [0.15, 0.2) is 0 Å². The summed E-state index contributed by atoms with van der Waals surface area (Å²) in [4.78, 5) is 4.29. The van der Waals surface area contributed by atoms with Crippen molar-refractivity contribution in [3.63, 3.8) is 0 Å². The van der Waals surface area contributed by atoms with Gasteiger partial charge in [0, 0.05) is 39.3 Å². The second-order valence-electron chi connectivity index (χ2n) is 6.77. The third kappa shape index (κ3) is 6.82. The number of benzene rings is 2. The lowest BCUT2D eigenvalue weighted by Crippen LogP contribution is -2.48. The van der Waals surface area contributed by atoms with Gasteiger partial charge in [0.2, 0.25) is 0 Å². The van der Waals surface area contributed by atoms with Gasteiger partial charge >= 0.3 is 6.36 Å². The Morgan fingerprint density at radius 3 is 2.00 bits per heavy atom. The van der Waals surface area contributed by atoms with E-state index in [4.69, 9.17) is 4.74 Å². The van der Waals surface area contributed by atoms with Gasteiger partial charge in [-0.05, 0) is 17.7 Å². The van der Waals surface area contributed by atoms with Crippen molar-refractivity contribution in [2.45, 2.75) is 12.5 Å². The Labute approximate surface area is 163 Å². The molecule has 0 radical (unpaired) electrons. The van der Waals surface area contributed by atoms with Crippen molar-refractivity contribution < 1.29 is 22.6 Å². The van der Waals surface area contributed by atoms with Crippen molar-refractivity contribution in [2.24, 2.45) is 0 Å². The first kappa shape index (κ1) is 20.6. The molecule has 0 aliphatic carbocycles. The molecule has 0 bridgehead atoms. The van der Waals surface area contributed by atoms with E-state index >= 15 is 0 Å². The monoisotopic (exact) mass is 394 g/mol.